The molecule has 0 aliphatic heterocycles. The largest absolute Gasteiger partial charge is 0.331 e. The molecule has 4 heteroatoms. The summed E-state index contributed by atoms with van der Waals surface area (Å²) in [5.41, 5.74) is 1.99. The molecule has 2 aromatic rings. The maximum atomic E-state index is 4.36. The molecule has 0 saturated carbocycles. The first-order valence-corrected chi connectivity index (χ1v) is 7.02. The van der Waals surface area contributed by atoms with Crippen molar-refractivity contribution in [2.75, 3.05) is 6.16 Å². The van der Waals surface area contributed by atoms with Gasteiger partial charge in [-0.25, -0.2) is 4.98 Å². The molecule has 0 amide bonds. The molecule has 1 N–H and O–H groups in total. The van der Waals surface area contributed by atoms with Crippen molar-refractivity contribution >= 4 is 30.8 Å². The molecule has 0 fully saturated rings. The summed E-state index contributed by atoms with van der Waals surface area (Å²) in [5.74, 6) is 3.70. The van der Waals surface area contributed by atoms with Gasteiger partial charge in [0.25, 0.3) is 0 Å². The van der Waals surface area contributed by atoms with Gasteiger partial charge in [-0.2, -0.15) is 0 Å². The minimum absolute atomic E-state index is 0.718. The number of hydrogen-bond donors (Lipinski definition) is 1. The van der Waals surface area contributed by atoms with Gasteiger partial charge in [-0.1, -0.05) is 24.0 Å². The van der Waals surface area contributed by atoms with Crippen molar-refractivity contribution in [3.63, 3.8) is 0 Å². The van der Waals surface area contributed by atoms with Crippen molar-refractivity contribution in [2.24, 2.45) is 0 Å². The third-order valence-corrected chi connectivity index (χ3v) is 3.45. The van der Waals surface area contributed by atoms with Crippen molar-refractivity contribution in [3.05, 3.63) is 30.1 Å². The van der Waals surface area contributed by atoms with Gasteiger partial charge in [0, 0.05) is 11.8 Å². The molecule has 1 heterocycles. The normalized spacial score (nSPS) is 9.81. The Morgan fingerprint density at radius 2 is 2.31 bits per heavy atom. The van der Waals surface area contributed by atoms with Crippen LogP contribution < -0.4 is 0 Å². The molecule has 80 valence electrons. The smallest absolute Gasteiger partial charge is 0.184 e. The highest BCUT2D eigenvalue weighted by atomic mass is 32.2. The summed E-state index contributed by atoms with van der Waals surface area (Å²) in [4.78, 5) is 10.7. The zero-order valence-corrected chi connectivity index (χ0v) is 10.7. The fourth-order valence-corrected chi connectivity index (χ4v) is 2.44. The van der Waals surface area contributed by atoms with Gasteiger partial charge in [0.1, 0.15) is 0 Å². The number of rotatable bonds is 0. The Bertz CT molecular complexity index is 577. The highest BCUT2D eigenvalue weighted by Crippen LogP contribution is 2.09. The second kappa shape index (κ2) is 5.68. The fraction of sp³-hybridized carbons (Fsp3) is 0.167. The molecule has 0 aliphatic carbocycles. The molecule has 0 bridgehead atoms. The lowest BCUT2D eigenvalue weighted by molar-refractivity contribution is 1.28. The van der Waals surface area contributed by atoms with E-state index in [0.29, 0.717) is 0 Å². The lowest BCUT2D eigenvalue weighted by Crippen LogP contribution is -1.73. The number of imidazole rings is 1. The first-order valence-electron chi connectivity index (χ1n) is 4.99. The minimum Gasteiger partial charge on any atom is -0.331 e. The second-order valence-electron chi connectivity index (χ2n) is 3.06. The molecule has 1 atom stereocenters. The average Bonchev–Trinajstić information content (AvgIpc) is 2.71. The number of fused-ring (bicyclic) bond motifs is 1. The second-order valence-corrected chi connectivity index (χ2v) is 5.35. The van der Waals surface area contributed by atoms with Gasteiger partial charge in [-0.05, 0) is 29.5 Å². The Labute approximate surface area is 100 Å². The first-order chi connectivity index (χ1) is 7.90. The third-order valence-electron chi connectivity index (χ3n) is 1.91. The third kappa shape index (κ3) is 2.84. The number of hydrogen-bond acceptors (Lipinski definition) is 2. The van der Waals surface area contributed by atoms with Crippen molar-refractivity contribution < 1.29 is 0 Å². The molecule has 2 nitrogen and oxygen atoms in total. The average molecular weight is 246 g/mol. The number of thioether (sulfide) groups is 1. The van der Waals surface area contributed by atoms with E-state index in [1.807, 2.05) is 24.3 Å². The van der Waals surface area contributed by atoms with E-state index in [0.717, 1.165) is 31.1 Å². The summed E-state index contributed by atoms with van der Waals surface area (Å²) in [5, 5.41) is 2.97. The molecule has 0 spiro atoms. The lowest BCUT2D eigenvalue weighted by Gasteiger charge is -1.81. The van der Waals surface area contributed by atoms with Crippen LogP contribution in [0.2, 0.25) is 0 Å². The van der Waals surface area contributed by atoms with Gasteiger partial charge >= 0.3 is 0 Å². The van der Waals surface area contributed by atoms with E-state index >= 15 is 0 Å². The van der Waals surface area contributed by atoms with E-state index in [1.54, 1.807) is 0 Å². The van der Waals surface area contributed by atoms with E-state index in [-0.39, 0.29) is 0 Å². The van der Waals surface area contributed by atoms with Gasteiger partial charge in [-0.15, -0.1) is 8.04 Å². The first kappa shape index (κ1) is 11.2. The summed E-state index contributed by atoms with van der Waals surface area (Å²) in [7, 11) is 0.753. The van der Waals surface area contributed by atoms with Crippen LogP contribution in [0.3, 0.4) is 0 Å². The maximum Gasteiger partial charge on any atom is 0.184 e. The van der Waals surface area contributed by atoms with E-state index in [9.17, 15) is 0 Å². The Morgan fingerprint density at radius 3 is 3.12 bits per heavy atom. The Balaban J connectivity index is 2.15. The maximum absolute atomic E-state index is 4.36. The summed E-state index contributed by atoms with van der Waals surface area (Å²) in [6.07, 6.45) is 1.14. The molecular weight excluding hydrogens is 235 g/mol. The molecular formula is C12H11N2PS. The quantitative estimate of drug-likeness (QED) is 0.571. The SMILES string of the molecule is CC[PH]#CSC#Cc1nc2ccccc2[nH]1. The highest BCUT2D eigenvalue weighted by Gasteiger charge is 1.97. The molecule has 0 saturated heterocycles. The van der Waals surface area contributed by atoms with Crippen LogP contribution in [0.4, 0.5) is 0 Å². The van der Waals surface area contributed by atoms with Crippen molar-refractivity contribution in [3.8, 4) is 16.1 Å². The molecule has 1 aromatic carbocycles. The minimum atomic E-state index is 0.718. The van der Waals surface area contributed by atoms with E-state index < -0.39 is 0 Å². The van der Waals surface area contributed by atoms with Crippen LogP contribution >= 0.6 is 19.8 Å². The molecule has 16 heavy (non-hydrogen) atoms. The van der Waals surface area contributed by atoms with Gasteiger partial charge in [0.05, 0.1) is 11.0 Å². The van der Waals surface area contributed by atoms with Gasteiger partial charge in [0.15, 0.2) is 5.82 Å². The van der Waals surface area contributed by atoms with Crippen LogP contribution in [-0.2, 0) is 0 Å². The number of aromatic nitrogens is 2. The van der Waals surface area contributed by atoms with E-state index in [4.69, 9.17) is 0 Å². The number of nitrogens with zero attached hydrogens (tertiary/aromatic N) is 1. The number of benzene rings is 1. The van der Waals surface area contributed by atoms with Crippen LogP contribution in [-0.4, -0.2) is 16.1 Å². The number of nitrogens with one attached hydrogen (secondary N) is 1. The van der Waals surface area contributed by atoms with Crippen molar-refractivity contribution in [1.29, 1.82) is 0 Å². The van der Waals surface area contributed by atoms with Crippen LogP contribution in [0.5, 0.6) is 0 Å². The van der Waals surface area contributed by atoms with E-state index in [1.165, 1.54) is 11.8 Å². The van der Waals surface area contributed by atoms with Gasteiger partial charge in [-0.3, -0.25) is 0 Å². The number of para-hydroxylation sites is 2. The van der Waals surface area contributed by atoms with Crippen LogP contribution in [0, 0.1) is 16.1 Å². The zero-order chi connectivity index (χ0) is 11.2. The van der Waals surface area contributed by atoms with Crippen molar-refractivity contribution in [1.82, 2.24) is 9.97 Å². The fourth-order valence-electron chi connectivity index (χ4n) is 1.22. The van der Waals surface area contributed by atoms with Crippen molar-refractivity contribution in [2.45, 2.75) is 6.92 Å². The Morgan fingerprint density at radius 1 is 1.44 bits per heavy atom. The van der Waals surface area contributed by atoms with Gasteiger partial charge < -0.3 is 4.98 Å². The zero-order valence-electron chi connectivity index (χ0n) is 8.87. The summed E-state index contributed by atoms with van der Waals surface area (Å²) >= 11 is 1.42. The van der Waals surface area contributed by atoms with Gasteiger partial charge in [0.2, 0.25) is 0 Å². The topological polar surface area (TPSA) is 28.7 Å². The molecule has 2 rings (SSSR count). The Kier molecular flexibility index (Phi) is 3.97. The number of aromatic amines is 1. The molecule has 0 aliphatic rings. The summed E-state index contributed by atoms with van der Waals surface area (Å²) < 4.78 is 0. The summed E-state index contributed by atoms with van der Waals surface area (Å²) in [6, 6.07) is 7.92. The molecule has 0 radical (unpaired) electrons. The summed E-state index contributed by atoms with van der Waals surface area (Å²) in [6.45, 7) is 2.14. The predicted molar refractivity (Wildman–Crippen MR) is 73.3 cm³/mol. The lowest BCUT2D eigenvalue weighted by atomic mass is 10.3. The van der Waals surface area contributed by atoms with E-state index in [2.05, 4.69) is 33.0 Å². The number of H-pyrrole nitrogens is 1. The molecule has 1 aromatic heterocycles. The predicted octanol–water partition coefficient (Wildman–Crippen LogP) is 3.22. The standard InChI is InChI=1S/C12H11N2PS/c1-2-15-9-16-8-7-12-13-10-5-3-4-6-11(10)14-12/h3-6,15H,2H2,1H3,(H,13,14). The monoisotopic (exact) mass is 246 g/mol. The highest BCUT2D eigenvalue weighted by molar-refractivity contribution is 8.09. The molecule has 1 unspecified atom stereocenters. The van der Waals surface area contributed by atoms with Crippen LogP contribution in [0.1, 0.15) is 12.7 Å². The van der Waals surface area contributed by atoms with Crippen LogP contribution in [0.25, 0.3) is 11.0 Å². The Hall–Kier alpha value is -1.32. The van der Waals surface area contributed by atoms with Crippen LogP contribution in [0.15, 0.2) is 24.3 Å².